The van der Waals surface area contributed by atoms with Crippen LogP contribution >= 0.6 is 0 Å². The molecule has 0 rings (SSSR count). The van der Waals surface area contributed by atoms with Crippen molar-refractivity contribution in [3.8, 4) is 0 Å². The fraction of sp³-hybridized carbons (Fsp3) is 0.800. The summed E-state index contributed by atoms with van der Waals surface area (Å²) in [5, 5.41) is 16.7. The zero-order valence-corrected chi connectivity index (χ0v) is 13.4. The molecule has 5 heteroatoms. The van der Waals surface area contributed by atoms with Gasteiger partial charge >= 0.3 is 11.9 Å². The molecule has 0 heterocycles. The number of carboxylic acids is 2. The number of hydrogen-bond donors (Lipinski definition) is 2. The van der Waals surface area contributed by atoms with Crippen LogP contribution in [0.2, 0.25) is 0 Å². The zero-order valence-electron chi connectivity index (χ0n) is 8.95. The van der Waals surface area contributed by atoms with Gasteiger partial charge in [-0.05, 0) is 12.8 Å². The van der Waals surface area contributed by atoms with E-state index >= 15 is 0 Å². The van der Waals surface area contributed by atoms with Crippen molar-refractivity contribution >= 4 is 39.2 Å². The molecule has 0 amide bonds. The van der Waals surface area contributed by atoms with E-state index in [4.69, 9.17) is 10.2 Å². The van der Waals surface area contributed by atoms with Gasteiger partial charge in [0.25, 0.3) is 0 Å². The van der Waals surface area contributed by atoms with E-state index in [1.807, 2.05) is 0 Å². The summed E-state index contributed by atoms with van der Waals surface area (Å²) in [6.45, 7) is 0. The fourth-order valence-electron chi connectivity index (χ4n) is 1.26. The van der Waals surface area contributed by atoms with Crippen LogP contribution in [-0.2, 0) is 9.59 Å². The first-order chi connectivity index (χ1) is 6.63. The molecule has 0 fully saturated rings. The smallest absolute Gasteiger partial charge is 0.303 e. The normalized spacial score (nSPS) is 9.33. The van der Waals surface area contributed by atoms with Crippen molar-refractivity contribution in [2.75, 3.05) is 0 Å². The molecule has 0 bridgehead atoms. The molecule has 0 aliphatic rings. The molecule has 0 aromatic rings. The molecule has 0 atom stereocenters. The van der Waals surface area contributed by atoms with E-state index in [-0.39, 0.29) is 40.1 Å². The van der Waals surface area contributed by atoms with E-state index in [1.165, 1.54) is 0 Å². The first-order valence-electron chi connectivity index (χ1n) is 5.06. The SMILES string of the molecule is O=C(O)CCCCCCCCC(=O)O.[Tl]. The number of aliphatic carboxylic acids is 2. The van der Waals surface area contributed by atoms with Crippen molar-refractivity contribution < 1.29 is 19.8 Å². The van der Waals surface area contributed by atoms with Crippen molar-refractivity contribution in [1.82, 2.24) is 0 Å². The molecule has 0 saturated heterocycles. The van der Waals surface area contributed by atoms with Crippen molar-refractivity contribution in [3.63, 3.8) is 0 Å². The second kappa shape index (κ2) is 11.9. The molecular formula is C10H18O4Tl. The number of carboxylic acid groups (broad SMARTS) is 2. The zero-order chi connectivity index (χ0) is 10.8. The van der Waals surface area contributed by atoms with Gasteiger partial charge in [-0.1, -0.05) is 25.7 Å². The molecule has 0 spiro atoms. The Morgan fingerprint density at radius 2 is 0.933 bits per heavy atom. The average molecular weight is 407 g/mol. The monoisotopic (exact) mass is 407 g/mol. The topological polar surface area (TPSA) is 74.6 Å². The van der Waals surface area contributed by atoms with Crippen LogP contribution in [0.15, 0.2) is 0 Å². The Bertz CT molecular complexity index is 162. The fourth-order valence-corrected chi connectivity index (χ4v) is 1.26. The Labute approximate surface area is 110 Å². The van der Waals surface area contributed by atoms with Crippen LogP contribution in [0.3, 0.4) is 0 Å². The van der Waals surface area contributed by atoms with Gasteiger partial charge in [-0.25, -0.2) is 0 Å². The van der Waals surface area contributed by atoms with Gasteiger partial charge in [0.2, 0.25) is 0 Å². The maximum Gasteiger partial charge on any atom is 0.303 e. The van der Waals surface area contributed by atoms with Gasteiger partial charge < -0.3 is 10.2 Å². The minimum absolute atomic E-state index is 0. The van der Waals surface area contributed by atoms with Gasteiger partial charge in [0.1, 0.15) is 0 Å². The molecule has 4 nitrogen and oxygen atoms in total. The van der Waals surface area contributed by atoms with Crippen LogP contribution in [0.1, 0.15) is 51.4 Å². The van der Waals surface area contributed by atoms with Crippen LogP contribution in [0.5, 0.6) is 0 Å². The number of rotatable bonds is 9. The molecule has 85 valence electrons. The van der Waals surface area contributed by atoms with Crippen molar-refractivity contribution in [1.29, 1.82) is 0 Å². The predicted octanol–water partition coefficient (Wildman–Crippen LogP) is 1.90. The van der Waals surface area contributed by atoms with Gasteiger partial charge in [-0.15, -0.1) is 0 Å². The number of carbonyl (C=O) groups is 2. The summed E-state index contributed by atoms with van der Waals surface area (Å²) in [7, 11) is 0. The van der Waals surface area contributed by atoms with E-state index in [2.05, 4.69) is 0 Å². The summed E-state index contributed by atoms with van der Waals surface area (Å²) in [5.74, 6) is -1.48. The van der Waals surface area contributed by atoms with E-state index < -0.39 is 11.9 Å². The minimum atomic E-state index is -0.740. The molecule has 0 aliphatic carbocycles. The third-order valence-corrected chi connectivity index (χ3v) is 2.03. The van der Waals surface area contributed by atoms with Gasteiger partial charge in [0.15, 0.2) is 0 Å². The van der Waals surface area contributed by atoms with E-state index in [9.17, 15) is 9.59 Å². The molecule has 1 radical (unpaired) electrons. The Morgan fingerprint density at radius 3 is 1.20 bits per heavy atom. The van der Waals surface area contributed by atoms with Crippen LogP contribution in [0.25, 0.3) is 0 Å². The van der Waals surface area contributed by atoms with Crippen LogP contribution in [0.4, 0.5) is 0 Å². The summed E-state index contributed by atoms with van der Waals surface area (Å²) in [5.41, 5.74) is 0. The van der Waals surface area contributed by atoms with E-state index in [1.54, 1.807) is 0 Å². The second-order valence-corrected chi connectivity index (χ2v) is 3.41. The number of unbranched alkanes of at least 4 members (excludes halogenated alkanes) is 5. The molecule has 0 aromatic heterocycles. The third-order valence-electron chi connectivity index (χ3n) is 2.03. The molecule has 0 saturated carbocycles. The van der Waals surface area contributed by atoms with Gasteiger partial charge in [-0.3, -0.25) is 9.59 Å². The number of hydrogen-bond acceptors (Lipinski definition) is 2. The summed E-state index contributed by atoms with van der Waals surface area (Å²) in [4.78, 5) is 20.3. The maximum absolute atomic E-state index is 10.1. The quantitative estimate of drug-likeness (QED) is 0.453. The minimum Gasteiger partial charge on any atom is -0.481 e. The Morgan fingerprint density at radius 1 is 0.667 bits per heavy atom. The molecule has 15 heavy (non-hydrogen) atoms. The molecule has 0 aliphatic heterocycles. The van der Waals surface area contributed by atoms with Crippen molar-refractivity contribution in [2.45, 2.75) is 51.4 Å². The predicted molar refractivity (Wildman–Crippen MR) is 58.0 cm³/mol. The Kier molecular flexibility index (Phi) is 13.7. The van der Waals surface area contributed by atoms with Crippen LogP contribution in [-0.4, -0.2) is 49.5 Å². The molecule has 0 aromatic carbocycles. The largest absolute Gasteiger partial charge is 0.481 e. The molecule has 2 N–H and O–H groups in total. The summed E-state index contributed by atoms with van der Waals surface area (Å²) in [6.07, 6.45) is 5.82. The van der Waals surface area contributed by atoms with Gasteiger partial charge in [0.05, 0.1) is 0 Å². The van der Waals surface area contributed by atoms with E-state index in [0.717, 1.165) is 38.5 Å². The molecule has 0 unspecified atom stereocenters. The van der Waals surface area contributed by atoms with Crippen LogP contribution in [0, 0.1) is 0 Å². The standard InChI is InChI=1S/C10H18O4.Tl/c11-9(12)7-5-3-1-2-4-6-8-10(13)14;/h1-8H2,(H,11,12)(H,13,14);. The second-order valence-electron chi connectivity index (χ2n) is 3.41. The van der Waals surface area contributed by atoms with Crippen molar-refractivity contribution in [3.05, 3.63) is 0 Å². The van der Waals surface area contributed by atoms with Crippen LogP contribution < -0.4 is 0 Å². The Balaban J connectivity index is 0. The Hall–Kier alpha value is -0.138. The first-order valence-corrected chi connectivity index (χ1v) is 5.06. The summed E-state index contributed by atoms with van der Waals surface area (Å²) in [6, 6.07) is 0. The summed E-state index contributed by atoms with van der Waals surface area (Å²) >= 11 is 0. The first kappa shape index (κ1) is 17.3. The maximum atomic E-state index is 10.1. The van der Waals surface area contributed by atoms with Crippen molar-refractivity contribution in [2.24, 2.45) is 0 Å². The third kappa shape index (κ3) is 16.5. The van der Waals surface area contributed by atoms with Gasteiger partial charge in [0, 0.05) is 40.1 Å². The summed E-state index contributed by atoms with van der Waals surface area (Å²) < 4.78 is 0. The molecular weight excluding hydrogens is 388 g/mol. The van der Waals surface area contributed by atoms with E-state index in [0.29, 0.717) is 0 Å². The average Bonchev–Trinajstić information content (AvgIpc) is 2.08. The van der Waals surface area contributed by atoms with Gasteiger partial charge in [-0.2, -0.15) is 0 Å².